The molecule has 1 aliphatic rings. The lowest BCUT2D eigenvalue weighted by molar-refractivity contribution is 0.202. The van der Waals surface area contributed by atoms with Crippen LogP contribution in [0.3, 0.4) is 0 Å². The largest absolute Gasteiger partial charge is 0.384 e. The highest BCUT2D eigenvalue weighted by molar-refractivity contribution is 5.59. The van der Waals surface area contributed by atoms with Gasteiger partial charge < -0.3 is 15.2 Å². The molecule has 0 aromatic carbocycles. The Kier molecular flexibility index (Phi) is 4.20. The Morgan fingerprint density at radius 2 is 2.00 bits per heavy atom. The van der Waals surface area contributed by atoms with Crippen LogP contribution in [0.25, 0.3) is 11.3 Å². The van der Waals surface area contributed by atoms with E-state index in [-0.39, 0.29) is 0 Å². The van der Waals surface area contributed by atoms with E-state index in [1.54, 1.807) is 0 Å². The van der Waals surface area contributed by atoms with Crippen molar-refractivity contribution in [1.29, 1.82) is 0 Å². The van der Waals surface area contributed by atoms with Crippen molar-refractivity contribution in [3.05, 3.63) is 30.9 Å². The van der Waals surface area contributed by atoms with Crippen LogP contribution >= 0.6 is 0 Å². The number of imidazole rings is 1. The lowest BCUT2D eigenvalue weighted by Gasteiger charge is -2.30. The summed E-state index contributed by atoms with van der Waals surface area (Å²) >= 11 is 0. The summed E-state index contributed by atoms with van der Waals surface area (Å²) in [4.78, 5) is 11.1. The van der Waals surface area contributed by atoms with Gasteiger partial charge in [-0.15, -0.1) is 0 Å². The topological polar surface area (TPSA) is 60.0 Å². The molecule has 1 unspecified atom stereocenters. The van der Waals surface area contributed by atoms with Crippen LogP contribution in [0, 0.1) is 0 Å². The zero-order valence-corrected chi connectivity index (χ0v) is 12.6. The third kappa shape index (κ3) is 3.24. The molecular weight excluding hydrogens is 262 g/mol. The molecule has 112 valence electrons. The standard InChI is InChI=1S/C16H23N5/c1-13(11-20-7-3-2-4-8-20)21-12-18-10-15(21)14-5-6-16(17)19-9-14/h5-6,9-10,12-13H,2-4,7-8,11H2,1H3,(H2,17,19). The third-order valence-corrected chi connectivity index (χ3v) is 4.19. The van der Waals surface area contributed by atoms with Crippen LogP contribution in [-0.4, -0.2) is 39.1 Å². The van der Waals surface area contributed by atoms with Crippen molar-refractivity contribution >= 4 is 5.82 Å². The molecule has 1 atom stereocenters. The fraction of sp³-hybridized carbons (Fsp3) is 0.500. The van der Waals surface area contributed by atoms with Crippen LogP contribution in [-0.2, 0) is 0 Å². The van der Waals surface area contributed by atoms with Gasteiger partial charge in [0, 0.05) is 24.3 Å². The molecule has 3 rings (SSSR count). The molecule has 0 bridgehead atoms. The van der Waals surface area contributed by atoms with Gasteiger partial charge in [-0.3, -0.25) is 0 Å². The van der Waals surface area contributed by atoms with Gasteiger partial charge in [-0.2, -0.15) is 0 Å². The number of likely N-dealkylation sites (tertiary alicyclic amines) is 1. The van der Waals surface area contributed by atoms with E-state index >= 15 is 0 Å². The molecule has 21 heavy (non-hydrogen) atoms. The number of hydrogen-bond donors (Lipinski definition) is 1. The molecule has 0 spiro atoms. The summed E-state index contributed by atoms with van der Waals surface area (Å²) in [6.07, 6.45) is 9.66. The van der Waals surface area contributed by atoms with Crippen molar-refractivity contribution < 1.29 is 0 Å². The van der Waals surface area contributed by atoms with Crippen LogP contribution in [0.4, 0.5) is 5.82 Å². The van der Waals surface area contributed by atoms with Crippen LogP contribution in [0.2, 0.25) is 0 Å². The van der Waals surface area contributed by atoms with E-state index in [4.69, 9.17) is 5.73 Å². The van der Waals surface area contributed by atoms with Gasteiger partial charge >= 0.3 is 0 Å². The molecule has 0 radical (unpaired) electrons. The van der Waals surface area contributed by atoms with Crippen LogP contribution < -0.4 is 5.73 Å². The van der Waals surface area contributed by atoms with Gasteiger partial charge in [-0.05, 0) is 45.0 Å². The maximum absolute atomic E-state index is 5.66. The van der Waals surface area contributed by atoms with Gasteiger partial charge in [0.15, 0.2) is 0 Å². The molecule has 3 heterocycles. The third-order valence-electron chi connectivity index (χ3n) is 4.19. The maximum atomic E-state index is 5.66. The molecule has 2 aromatic heterocycles. The Labute approximate surface area is 125 Å². The van der Waals surface area contributed by atoms with Crippen LogP contribution in [0.5, 0.6) is 0 Å². The van der Waals surface area contributed by atoms with Crippen molar-refractivity contribution in [3.63, 3.8) is 0 Å². The lowest BCUT2D eigenvalue weighted by atomic mass is 10.1. The smallest absolute Gasteiger partial charge is 0.123 e. The summed E-state index contributed by atoms with van der Waals surface area (Å²) in [6, 6.07) is 4.24. The number of aromatic nitrogens is 3. The summed E-state index contributed by atoms with van der Waals surface area (Å²) in [6.45, 7) is 5.77. The summed E-state index contributed by atoms with van der Waals surface area (Å²) in [5.41, 5.74) is 7.83. The summed E-state index contributed by atoms with van der Waals surface area (Å²) in [5.74, 6) is 0.547. The number of piperidine rings is 1. The number of nitrogen functional groups attached to an aromatic ring is 1. The first kappa shape index (κ1) is 14.1. The zero-order chi connectivity index (χ0) is 14.7. The van der Waals surface area contributed by atoms with Gasteiger partial charge in [-0.1, -0.05) is 6.42 Å². The van der Waals surface area contributed by atoms with E-state index in [0.717, 1.165) is 17.8 Å². The van der Waals surface area contributed by atoms with E-state index in [1.807, 2.05) is 30.9 Å². The van der Waals surface area contributed by atoms with Crippen molar-refractivity contribution in [1.82, 2.24) is 19.4 Å². The molecule has 2 aromatic rings. The first-order valence-electron chi connectivity index (χ1n) is 7.70. The van der Waals surface area contributed by atoms with Gasteiger partial charge in [0.2, 0.25) is 0 Å². The fourth-order valence-corrected chi connectivity index (χ4v) is 3.04. The number of hydrogen-bond acceptors (Lipinski definition) is 4. The van der Waals surface area contributed by atoms with E-state index in [0.29, 0.717) is 11.9 Å². The molecule has 5 nitrogen and oxygen atoms in total. The Morgan fingerprint density at radius 1 is 1.19 bits per heavy atom. The quantitative estimate of drug-likeness (QED) is 0.938. The molecule has 0 amide bonds. The minimum absolute atomic E-state index is 0.401. The normalized spacial score (nSPS) is 17.8. The number of nitrogens with two attached hydrogens (primary N) is 1. The summed E-state index contributed by atoms with van der Waals surface area (Å²) < 4.78 is 2.24. The Morgan fingerprint density at radius 3 is 2.71 bits per heavy atom. The molecule has 0 saturated carbocycles. The highest BCUT2D eigenvalue weighted by Gasteiger charge is 2.16. The SMILES string of the molecule is CC(CN1CCCCC1)n1cncc1-c1ccc(N)nc1. The predicted molar refractivity (Wildman–Crippen MR) is 84.9 cm³/mol. The summed E-state index contributed by atoms with van der Waals surface area (Å²) in [7, 11) is 0. The molecule has 1 aliphatic heterocycles. The van der Waals surface area contributed by atoms with Crippen molar-refractivity contribution in [3.8, 4) is 11.3 Å². The minimum atomic E-state index is 0.401. The van der Waals surface area contributed by atoms with Crippen molar-refractivity contribution in [2.75, 3.05) is 25.4 Å². The van der Waals surface area contributed by atoms with E-state index in [2.05, 4.69) is 26.4 Å². The maximum Gasteiger partial charge on any atom is 0.123 e. The van der Waals surface area contributed by atoms with Crippen molar-refractivity contribution in [2.45, 2.75) is 32.2 Å². The zero-order valence-electron chi connectivity index (χ0n) is 12.6. The summed E-state index contributed by atoms with van der Waals surface area (Å²) in [5, 5.41) is 0. The molecule has 0 aliphatic carbocycles. The van der Waals surface area contributed by atoms with E-state index < -0.39 is 0 Å². The average Bonchev–Trinajstić information content (AvgIpc) is 2.98. The van der Waals surface area contributed by atoms with E-state index in [9.17, 15) is 0 Å². The Bertz CT molecular complexity index is 569. The molecule has 1 fully saturated rings. The monoisotopic (exact) mass is 285 g/mol. The van der Waals surface area contributed by atoms with Gasteiger partial charge in [-0.25, -0.2) is 9.97 Å². The number of rotatable bonds is 4. The Hall–Kier alpha value is -1.88. The Balaban J connectivity index is 1.76. The second kappa shape index (κ2) is 6.26. The molecule has 1 saturated heterocycles. The highest BCUT2D eigenvalue weighted by atomic mass is 15.2. The van der Waals surface area contributed by atoms with E-state index in [1.165, 1.54) is 32.4 Å². The first-order chi connectivity index (χ1) is 10.2. The average molecular weight is 285 g/mol. The van der Waals surface area contributed by atoms with Crippen LogP contribution in [0.1, 0.15) is 32.2 Å². The lowest BCUT2D eigenvalue weighted by Crippen LogP contribution is -2.34. The van der Waals surface area contributed by atoms with Gasteiger partial charge in [0.1, 0.15) is 5.82 Å². The number of anilines is 1. The molecular formula is C16H23N5. The van der Waals surface area contributed by atoms with Crippen molar-refractivity contribution in [2.24, 2.45) is 0 Å². The minimum Gasteiger partial charge on any atom is -0.384 e. The van der Waals surface area contributed by atoms with Gasteiger partial charge in [0.25, 0.3) is 0 Å². The second-order valence-electron chi connectivity index (χ2n) is 5.87. The molecule has 2 N–H and O–H groups in total. The first-order valence-corrected chi connectivity index (χ1v) is 7.70. The van der Waals surface area contributed by atoms with Crippen LogP contribution in [0.15, 0.2) is 30.9 Å². The number of nitrogens with zero attached hydrogens (tertiary/aromatic N) is 4. The fourth-order valence-electron chi connectivity index (χ4n) is 3.04. The number of pyridine rings is 1. The second-order valence-corrected chi connectivity index (χ2v) is 5.87. The highest BCUT2D eigenvalue weighted by Crippen LogP contribution is 2.23. The van der Waals surface area contributed by atoms with Gasteiger partial charge in [0.05, 0.1) is 18.2 Å². The predicted octanol–water partition coefficient (Wildman–Crippen LogP) is 2.57. The molecule has 5 heteroatoms.